The Bertz CT molecular complexity index is 1180. The summed E-state index contributed by atoms with van der Waals surface area (Å²) in [4.78, 5) is 14.5. The van der Waals surface area contributed by atoms with Crippen LogP contribution < -0.4 is 10.2 Å². The van der Waals surface area contributed by atoms with E-state index in [9.17, 15) is 4.39 Å². The summed E-state index contributed by atoms with van der Waals surface area (Å²) in [6.45, 7) is 4.47. The Kier molecular flexibility index (Phi) is 3.85. The Labute approximate surface area is 187 Å². The Balaban J connectivity index is 1.29. The van der Waals surface area contributed by atoms with Gasteiger partial charge in [0.05, 0.1) is 11.9 Å². The lowest BCUT2D eigenvalue weighted by atomic mass is 9.81. The summed E-state index contributed by atoms with van der Waals surface area (Å²) in [5.41, 5.74) is 4.38. The first-order chi connectivity index (χ1) is 15.7. The maximum Gasteiger partial charge on any atom is 0.231 e. The Hall–Kier alpha value is -2.83. The Morgan fingerprint density at radius 1 is 1.06 bits per heavy atom. The third-order valence-corrected chi connectivity index (χ3v) is 8.02. The molecule has 1 saturated carbocycles. The van der Waals surface area contributed by atoms with Crippen LogP contribution in [0.3, 0.4) is 0 Å². The molecule has 1 aliphatic carbocycles. The minimum absolute atomic E-state index is 0.153. The van der Waals surface area contributed by atoms with Gasteiger partial charge in [-0.2, -0.15) is 0 Å². The first-order valence-corrected chi connectivity index (χ1v) is 11.5. The monoisotopic (exact) mass is 426 g/mol. The highest BCUT2D eigenvalue weighted by Gasteiger charge is 2.63. The van der Waals surface area contributed by atoms with Crippen LogP contribution in [0.2, 0.25) is 0 Å². The fraction of sp³-hybridized carbons (Fsp3) is 0.385. The van der Waals surface area contributed by atoms with Gasteiger partial charge in [-0.3, -0.25) is 9.80 Å². The molecule has 4 aliphatic rings. The van der Waals surface area contributed by atoms with Crippen LogP contribution in [0.4, 0.5) is 16.0 Å². The van der Waals surface area contributed by atoms with E-state index in [4.69, 9.17) is 9.97 Å². The summed E-state index contributed by atoms with van der Waals surface area (Å²) < 4.78 is 14.3. The van der Waals surface area contributed by atoms with Crippen molar-refractivity contribution in [3.05, 3.63) is 72.3 Å². The summed E-state index contributed by atoms with van der Waals surface area (Å²) >= 11 is 0. The fourth-order valence-electron chi connectivity index (χ4n) is 6.18. The molecule has 161 valence electrons. The molecule has 2 saturated heterocycles. The zero-order valence-corrected chi connectivity index (χ0v) is 17.9. The van der Waals surface area contributed by atoms with Crippen LogP contribution in [0.15, 0.2) is 54.9 Å². The van der Waals surface area contributed by atoms with Gasteiger partial charge >= 0.3 is 0 Å². The van der Waals surface area contributed by atoms with Crippen molar-refractivity contribution in [1.29, 1.82) is 0 Å². The molecule has 1 N–H and O–H groups in total. The molecule has 4 heterocycles. The molecule has 1 atom stereocenters. The van der Waals surface area contributed by atoms with Crippen LogP contribution in [0, 0.1) is 17.3 Å². The molecule has 5 nitrogen and oxygen atoms in total. The summed E-state index contributed by atoms with van der Waals surface area (Å²) in [6.07, 6.45) is 7.37. The van der Waals surface area contributed by atoms with Crippen molar-refractivity contribution in [1.82, 2.24) is 20.2 Å². The van der Waals surface area contributed by atoms with Gasteiger partial charge in [-0.25, -0.2) is 14.4 Å². The van der Waals surface area contributed by atoms with E-state index in [0.29, 0.717) is 22.5 Å². The molecular weight excluding hydrogens is 401 g/mol. The number of fused-ring (bicyclic) bond motifs is 2. The molecule has 0 bridgehead atoms. The van der Waals surface area contributed by atoms with E-state index in [2.05, 4.69) is 33.3 Å². The molecule has 3 aromatic rings. The first kappa shape index (κ1) is 18.7. The Morgan fingerprint density at radius 2 is 1.88 bits per heavy atom. The molecule has 2 aromatic carbocycles. The predicted molar refractivity (Wildman–Crippen MR) is 121 cm³/mol. The number of benzene rings is 2. The zero-order chi connectivity index (χ0) is 21.3. The SMILES string of the molecule is Fc1ccccc1-c1cnc(N2c3c[c]ccc3C3(CC3)C2N2CCC3(CNC3)C2)nc1. The molecule has 0 amide bonds. The topological polar surface area (TPSA) is 44.3 Å². The molecular formula is C26H25FN5. The predicted octanol–water partition coefficient (Wildman–Crippen LogP) is 3.89. The smallest absolute Gasteiger partial charge is 0.231 e. The van der Waals surface area contributed by atoms with Crippen LogP contribution >= 0.6 is 0 Å². The summed E-state index contributed by atoms with van der Waals surface area (Å²) in [6, 6.07) is 16.4. The molecule has 1 radical (unpaired) electrons. The van der Waals surface area contributed by atoms with Crippen LogP contribution in [-0.4, -0.2) is 47.2 Å². The largest absolute Gasteiger partial charge is 0.315 e. The van der Waals surface area contributed by atoms with Crippen molar-refractivity contribution in [2.45, 2.75) is 30.8 Å². The lowest BCUT2D eigenvalue weighted by Gasteiger charge is -2.42. The van der Waals surface area contributed by atoms with E-state index in [1.165, 1.54) is 36.6 Å². The average molecular weight is 427 g/mol. The average Bonchev–Trinajstić information content (AvgIpc) is 3.37. The van der Waals surface area contributed by atoms with Crippen molar-refractivity contribution in [3.8, 4) is 11.1 Å². The number of nitrogens with zero attached hydrogens (tertiary/aromatic N) is 4. The quantitative estimate of drug-likeness (QED) is 0.689. The number of rotatable bonds is 3. The van der Waals surface area contributed by atoms with Gasteiger partial charge in [0.1, 0.15) is 5.82 Å². The van der Waals surface area contributed by atoms with E-state index in [-0.39, 0.29) is 17.4 Å². The van der Waals surface area contributed by atoms with Crippen molar-refractivity contribution < 1.29 is 4.39 Å². The van der Waals surface area contributed by atoms with Crippen molar-refractivity contribution >= 4 is 11.6 Å². The van der Waals surface area contributed by atoms with Gasteiger partial charge in [0.25, 0.3) is 0 Å². The fourth-order valence-corrected chi connectivity index (χ4v) is 6.18. The number of anilines is 2. The Morgan fingerprint density at radius 3 is 2.56 bits per heavy atom. The normalized spacial score (nSPS) is 24.7. The standard InChI is InChI=1S/C26H25FN5/c27-21-7-3-1-5-19(21)18-13-29-24(30-14-18)32-22-8-4-2-6-20(22)26(9-10-26)23(32)31-12-11-25(17-31)15-28-16-25/h1-3,5-8,13-14,23,28H,9-12,15-17H2. The minimum Gasteiger partial charge on any atom is -0.315 e. The van der Waals surface area contributed by atoms with Gasteiger partial charge in [0.2, 0.25) is 5.95 Å². The third kappa shape index (κ3) is 2.57. The molecule has 3 fully saturated rings. The molecule has 7 rings (SSSR count). The maximum absolute atomic E-state index is 14.3. The van der Waals surface area contributed by atoms with Gasteiger partial charge in [-0.05, 0) is 43.0 Å². The second-order valence-electron chi connectivity index (χ2n) is 9.92. The molecule has 1 unspecified atom stereocenters. The number of hydrogen-bond donors (Lipinski definition) is 1. The highest BCUT2D eigenvalue weighted by atomic mass is 19.1. The van der Waals surface area contributed by atoms with Gasteiger partial charge in [0.15, 0.2) is 0 Å². The van der Waals surface area contributed by atoms with E-state index in [0.717, 1.165) is 26.2 Å². The zero-order valence-electron chi connectivity index (χ0n) is 17.9. The number of aromatic nitrogens is 2. The van der Waals surface area contributed by atoms with E-state index < -0.39 is 0 Å². The van der Waals surface area contributed by atoms with Gasteiger partial charge in [-0.1, -0.05) is 30.3 Å². The summed E-state index contributed by atoms with van der Waals surface area (Å²) in [7, 11) is 0. The molecule has 3 aliphatic heterocycles. The lowest BCUT2D eigenvalue weighted by Crippen LogP contribution is -2.57. The van der Waals surface area contributed by atoms with E-state index in [1.807, 2.05) is 12.1 Å². The van der Waals surface area contributed by atoms with Crippen molar-refractivity contribution in [3.63, 3.8) is 0 Å². The number of likely N-dealkylation sites (tertiary alicyclic amines) is 1. The summed E-state index contributed by atoms with van der Waals surface area (Å²) in [5, 5.41) is 3.48. The van der Waals surface area contributed by atoms with E-state index >= 15 is 0 Å². The number of hydrogen-bond acceptors (Lipinski definition) is 5. The van der Waals surface area contributed by atoms with E-state index in [1.54, 1.807) is 24.5 Å². The highest BCUT2D eigenvalue weighted by Crippen LogP contribution is 2.63. The van der Waals surface area contributed by atoms with Gasteiger partial charge in [-0.15, -0.1) is 0 Å². The van der Waals surface area contributed by atoms with Crippen LogP contribution in [0.25, 0.3) is 11.1 Å². The third-order valence-electron chi connectivity index (χ3n) is 8.02. The molecule has 1 aromatic heterocycles. The molecule has 6 heteroatoms. The molecule has 32 heavy (non-hydrogen) atoms. The maximum atomic E-state index is 14.3. The van der Waals surface area contributed by atoms with Crippen LogP contribution in [0.5, 0.6) is 0 Å². The highest BCUT2D eigenvalue weighted by molar-refractivity contribution is 5.73. The number of halogens is 1. The van der Waals surface area contributed by atoms with Gasteiger partial charge < -0.3 is 5.32 Å². The summed E-state index contributed by atoms with van der Waals surface area (Å²) in [5.74, 6) is 0.434. The number of nitrogens with one attached hydrogen (secondary N) is 1. The van der Waals surface area contributed by atoms with Crippen LogP contribution in [-0.2, 0) is 5.41 Å². The van der Waals surface area contributed by atoms with Gasteiger partial charge in [0, 0.05) is 60.5 Å². The lowest BCUT2D eigenvalue weighted by molar-refractivity contribution is 0.139. The minimum atomic E-state index is -0.253. The second kappa shape index (κ2) is 6.59. The van der Waals surface area contributed by atoms with Crippen molar-refractivity contribution in [2.24, 2.45) is 5.41 Å². The van der Waals surface area contributed by atoms with Crippen molar-refractivity contribution in [2.75, 3.05) is 31.1 Å². The van der Waals surface area contributed by atoms with Crippen LogP contribution in [0.1, 0.15) is 24.8 Å². The molecule has 2 spiro atoms. The second-order valence-corrected chi connectivity index (χ2v) is 9.92. The first-order valence-electron chi connectivity index (χ1n) is 11.5.